The molecule has 2 aliphatic rings. The molecular formula is C12H18N5O13P3. The molecule has 3 heterocycles. The fourth-order valence-corrected chi connectivity index (χ4v) is 6.01. The second kappa shape index (κ2) is 8.93. The summed E-state index contributed by atoms with van der Waals surface area (Å²) < 4.78 is 52.2. The van der Waals surface area contributed by atoms with E-state index in [0.29, 0.717) is 0 Å². The maximum atomic E-state index is 11.9. The van der Waals surface area contributed by atoms with Crippen LogP contribution in [-0.2, 0) is 31.6 Å². The van der Waals surface area contributed by atoms with Crippen molar-refractivity contribution in [1.82, 2.24) is 9.55 Å². The van der Waals surface area contributed by atoms with Crippen LogP contribution in [0, 0.1) is 12.3 Å². The van der Waals surface area contributed by atoms with Crippen molar-refractivity contribution >= 4 is 35.6 Å². The van der Waals surface area contributed by atoms with Gasteiger partial charge in [0, 0.05) is 0 Å². The lowest BCUT2D eigenvalue weighted by atomic mass is 9.95. The van der Waals surface area contributed by atoms with Gasteiger partial charge < -0.3 is 45.6 Å². The van der Waals surface area contributed by atoms with Crippen LogP contribution in [0.1, 0.15) is 18.1 Å². The lowest BCUT2D eigenvalue weighted by Crippen LogP contribution is -2.46. The fourth-order valence-electron chi connectivity index (χ4n) is 2.98. The van der Waals surface area contributed by atoms with Crippen molar-refractivity contribution in [2.75, 3.05) is 11.9 Å². The summed E-state index contributed by atoms with van der Waals surface area (Å²) in [5, 5.41) is 24.0. The van der Waals surface area contributed by atoms with Crippen LogP contribution in [-0.4, -0.2) is 70.1 Å². The summed E-state index contributed by atoms with van der Waals surface area (Å²) in [6, 6.07) is 0. The maximum Gasteiger partial charge on any atom is 0.490 e. The van der Waals surface area contributed by atoms with Gasteiger partial charge in [-0.25, -0.2) is 18.7 Å². The Morgan fingerprint density at radius 3 is 2.55 bits per heavy atom. The number of nitrogens with one attached hydrogen (secondary N) is 1. The Morgan fingerprint density at radius 2 is 1.94 bits per heavy atom. The molecule has 1 saturated heterocycles. The molecule has 0 saturated carbocycles. The molecular weight excluding hydrogens is 515 g/mol. The number of anilines is 1. The minimum absolute atomic E-state index is 0.219. The minimum Gasteiger partial charge on any atom is -0.386 e. The molecule has 1 aromatic heterocycles. The summed E-state index contributed by atoms with van der Waals surface area (Å²) >= 11 is 0. The molecule has 0 radical (unpaired) electrons. The first-order valence-electron chi connectivity index (χ1n) is 8.51. The summed E-state index contributed by atoms with van der Waals surface area (Å²) in [5.41, 5.74) is 3.63. The van der Waals surface area contributed by atoms with Crippen molar-refractivity contribution in [3.05, 3.63) is 12.0 Å². The average molecular weight is 533 g/mol. The van der Waals surface area contributed by atoms with Gasteiger partial charge in [-0.1, -0.05) is 5.92 Å². The first kappa shape index (κ1) is 26.1. The summed E-state index contributed by atoms with van der Waals surface area (Å²) in [6.07, 6.45) is 1.90. The molecule has 184 valence electrons. The molecule has 0 aromatic carbocycles. The topological polar surface area (TPSA) is 278 Å². The second-order valence-corrected chi connectivity index (χ2v) is 11.0. The van der Waals surface area contributed by atoms with Crippen molar-refractivity contribution in [3.63, 3.8) is 0 Å². The average Bonchev–Trinajstić information content (AvgIpc) is 3.18. The van der Waals surface area contributed by atoms with Crippen LogP contribution in [0.25, 0.3) is 0 Å². The highest BCUT2D eigenvalue weighted by molar-refractivity contribution is 7.66. The summed E-state index contributed by atoms with van der Waals surface area (Å²) in [6.45, 7) is -1.05. The molecule has 2 aliphatic heterocycles. The second-order valence-electron chi connectivity index (χ2n) is 6.58. The van der Waals surface area contributed by atoms with E-state index in [1.165, 1.54) is 17.2 Å². The Hall–Kier alpha value is -1.51. The highest BCUT2D eigenvalue weighted by Gasteiger charge is 2.57. The van der Waals surface area contributed by atoms with Gasteiger partial charge in [0.15, 0.2) is 11.8 Å². The molecule has 0 amide bonds. The predicted octanol–water partition coefficient (Wildman–Crippen LogP) is -1.74. The Bertz CT molecular complexity index is 1130. The van der Waals surface area contributed by atoms with Crippen LogP contribution in [0.3, 0.4) is 0 Å². The van der Waals surface area contributed by atoms with Crippen LogP contribution in [0.15, 0.2) is 11.3 Å². The number of imidazole rings is 1. The quantitative estimate of drug-likeness (QED) is 0.136. The van der Waals surface area contributed by atoms with Gasteiger partial charge in [-0.2, -0.15) is 8.62 Å². The monoisotopic (exact) mass is 533 g/mol. The zero-order valence-electron chi connectivity index (χ0n) is 16.1. The first-order chi connectivity index (χ1) is 15.1. The van der Waals surface area contributed by atoms with E-state index < -0.39 is 60.3 Å². The van der Waals surface area contributed by atoms with Gasteiger partial charge in [0.2, 0.25) is 0 Å². The SMILES string of the molecule is C#C[C@@]1(O)[C@H](O)[C@@H](COP(=O)(O)OP(=O)(O)OP(=O)(O)O)O[C@H]1n1cnc2c1NC=NC2N. The first-order valence-corrected chi connectivity index (χ1v) is 13.0. The highest BCUT2D eigenvalue weighted by Crippen LogP contribution is 2.66. The molecule has 1 fully saturated rings. The zero-order valence-corrected chi connectivity index (χ0v) is 18.7. The largest absolute Gasteiger partial charge is 0.490 e. The number of fused-ring (bicyclic) bond motifs is 1. The highest BCUT2D eigenvalue weighted by atomic mass is 31.3. The lowest BCUT2D eigenvalue weighted by molar-refractivity contribution is -0.0726. The maximum absolute atomic E-state index is 11.9. The van der Waals surface area contributed by atoms with Crippen molar-refractivity contribution in [2.24, 2.45) is 10.7 Å². The van der Waals surface area contributed by atoms with Crippen LogP contribution in [0.2, 0.25) is 0 Å². The number of phosphoric acid groups is 3. The third kappa shape index (κ3) is 5.60. The van der Waals surface area contributed by atoms with Gasteiger partial charge in [0.25, 0.3) is 0 Å². The van der Waals surface area contributed by atoms with Gasteiger partial charge >= 0.3 is 23.5 Å². The number of ether oxygens (including phenoxy) is 1. The summed E-state index contributed by atoms with van der Waals surface area (Å²) in [4.78, 5) is 43.7. The number of aliphatic hydroxyl groups excluding tert-OH is 1. The lowest BCUT2D eigenvalue weighted by Gasteiger charge is -2.27. The number of phosphoric ester groups is 1. The number of rotatable bonds is 8. The van der Waals surface area contributed by atoms with E-state index in [-0.39, 0.29) is 11.5 Å². The molecule has 0 aliphatic carbocycles. The Kier molecular flexibility index (Phi) is 7.06. The van der Waals surface area contributed by atoms with Crippen LogP contribution in [0.4, 0.5) is 5.82 Å². The smallest absolute Gasteiger partial charge is 0.386 e. The van der Waals surface area contributed by atoms with Gasteiger partial charge in [-0.05, 0) is 0 Å². The van der Waals surface area contributed by atoms with Crippen molar-refractivity contribution in [2.45, 2.75) is 30.2 Å². The fraction of sp³-hybridized carbons (Fsp3) is 0.500. The van der Waals surface area contributed by atoms with Crippen molar-refractivity contribution < 1.29 is 61.4 Å². The van der Waals surface area contributed by atoms with E-state index in [9.17, 15) is 33.7 Å². The van der Waals surface area contributed by atoms with Gasteiger partial charge in [0.1, 0.15) is 29.9 Å². The number of nitrogens with two attached hydrogens (primary N) is 1. The summed E-state index contributed by atoms with van der Waals surface area (Å²) in [7, 11) is -16.8. The summed E-state index contributed by atoms with van der Waals surface area (Å²) in [5.74, 6) is 2.19. The molecule has 3 unspecified atom stereocenters. The molecule has 33 heavy (non-hydrogen) atoms. The van der Waals surface area contributed by atoms with Crippen LogP contribution < -0.4 is 11.1 Å². The molecule has 9 N–H and O–H groups in total. The standard InChI is InChI=1S/C12H18N5O13P3/c1-2-12(19)8(18)6(3-27-32(23,24)30-33(25,26)29-31(20,21)22)28-11(12)17-5-16-7-9(13)14-4-15-10(7)17/h1,4-6,8-9,11,18-19H,3,13H2,(H,14,15)(H,23,24)(H,25,26)(H2,20,21,22)/t6-,8-,9?,11-,12-/m1/s1. The predicted molar refractivity (Wildman–Crippen MR) is 105 cm³/mol. The van der Waals surface area contributed by atoms with E-state index in [2.05, 4.69) is 28.4 Å². The van der Waals surface area contributed by atoms with E-state index in [1.54, 1.807) is 0 Å². The van der Waals surface area contributed by atoms with Crippen molar-refractivity contribution in [1.29, 1.82) is 0 Å². The van der Waals surface area contributed by atoms with Gasteiger partial charge in [0.05, 0.1) is 19.3 Å². The van der Waals surface area contributed by atoms with Crippen molar-refractivity contribution in [3.8, 4) is 12.3 Å². The third-order valence-corrected chi connectivity index (χ3v) is 8.13. The molecule has 0 bridgehead atoms. The van der Waals surface area contributed by atoms with Gasteiger partial charge in [-0.15, -0.1) is 6.42 Å². The number of aliphatic hydroxyl groups is 2. The minimum atomic E-state index is -5.75. The molecule has 0 spiro atoms. The van der Waals surface area contributed by atoms with E-state index in [0.717, 1.165) is 0 Å². The number of hydrogen-bond donors (Lipinski definition) is 8. The Labute approximate surface area is 184 Å². The number of aliphatic imine (C=N–C) groups is 1. The van der Waals surface area contributed by atoms with Gasteiger partial charge in [-0.3, -0.25) is 14.1 Å². The van der Waals surface area contributed by atoms with Crippen LogP contribution >= 0.6 is 23.5 Å². The Morgan fingerprint density at radius 1 is 1.27 bits per heavy atom. The molecule has 21 heteroatoms. The van der Waals surface area contributed by atoms with Crippen LogP contribution in [0.5, 0.6) is 0 Å². The third-order valence-electron chi connectivity index (χ3n) is 4.32. The molecule has 18 nitrogen and oxygen atoms in total. The van der Waals surface area contributed by atoms with E-state index >= 15 is 0 Å². The molecule has 3 rings (SSSR count). The normalized spacial score (nSPS) is 32.9. The number of terminal acetylenes is 1. The Balaban J connectivity index is 1.76. The number of hydrogen-bond acceptors (Lipinski definition) is 13. The number of aromatic nitrogens is 2. The van der Waals surface area contributed by atoms with E-state index in [4.69, 9.17) is 26.7 Å². The number of nitrogens with zero attached hydrogens (tertiary/aromatic N) is 3. The molecule has 1 aromatic rings. The zero-order chi connectivity index (χ0) is 24.8. The van der Waals surface area contributed by atoms with E-state index in [1.807, 2.05) is 5.92 Å². The molecule has 7 atom stereocenters.